The van der Waals surface area contributed by atoms with Gasteiger partial charge in [-0.2, -0.15) is 10.5 Å². The smallest absolute Gasteiger partial charge is 0.248 e. The van der Waals surface area contributed by atoms with Crippen LogP contribution in [0.4, 0.5) is 0 Å². The first-order chi connectivity index (χ1) is 10.8. The Morgan fingerprint density at radius 1 is 1.05 bits per heavy atom. The fourth-order valence-corrected chi connectivity index (χ4v) is 1.72. The number of hydrogen-bond acceptors (Lipinski definition) is 5. The summed E-state index contributed by atoms with van der Waals surface area (Å²) in [4.78, 5) is 13.4. The van der Waals surface area contributed by atoms with Crippen LogP contribution in [0.15, 0.2) is 30.3 Å². The Kier molecular flexibility index (Phi) is 8.84. The number of nitrogens with zero attached hydrogens (tertiary/aromatic N) is 3. The van der Waals surface area contributed by atoms with Crippen molar-refractivity contribution in [3.63, 3.8) is 0 Å². The summed E-state index contributed by atoms with van der Waals surface area (Å²) in [5, 5.41) is 17.2. The highest BCUT2D eigenvalue weighted by atomic mass is 16.5. The van der Waals surface area contributed by atoms with Gasteiger partial charge in [0.2, 0.25) is 5.91 Å². The molecule has 0 fully saturated rings. The third kappa shape index (κ3) is 7.28. The lowest BCUT2D eigenvalue weighted by atomic mass is 10.3. The molecule has 6 heteroatoms. The van der Waals surface area contributed by atoms with Crippen LogP contribution in [-0.4, -0.2) is 43.7 Å². The number of nitriles is 2. The van der Waals surface area contributed by atoms with Gasteiger partial charge in [0.25, 0.3) is 0 Å². The van der Waals surface area contributed by atoms with Crippen molar-refractivity contribution in [3.8, 4) is 17.9 Å². The maximum absolute atomic E-state index is 11.9. The van der Waals surface area contributed by atoms with Crippen molar-refractivity contribution in [2.24, 2.45) is 0 Å². The fourth-order valence-electron chi connectivity index (χ4n) is 1.72. The second-order valence-electron chi connectivity index (χ2n) is 4.41. The standard InChI is InChI=1S/C16H19N3O3/c17-8-4-10-19(11-5-9-18)16(20)14-21-12-13-22-15-6-2-1-3-7-15/h1-3,6-7H,4-5,10-14H2. The van der Waals surface area contributed by atoms with Gasteiger partial charge in [0, 0.05) is 13.1 Å². The molecule has 0 radical (unpaired) electrons. The minimum atomic E-state index is -0.217. The topological polar surface area (TPSA) is 86.4 Å². The fraction of sp³-hybridized carbons (Fsp3) is 0.438. The van der Waals surface area contributed by atoms with E-state index in [1.807, 2.05) is 42.5 Å². The lowest BCUT2D eigenvalue weighted by Crippen LogP contribution is -2.35. The van der Waals surface area contributed by atoms with Crippen LogP contribution in [0.25, 0.3) is 0 Å². The van der Waals surface area contributed by atoms with Crippen molar-refractivity contribution in [3.05, 3.63) is 30.3 Å². The van der Waals surface area contributed by atoms with Gasteiger partial charge in [-0.15, -0.1) is 0 Å². The molecule has 0 spiro atoms. The minimum Gasteiger partial charge on any atom is -0.491 e. The van der Waals surface area contributed by atoms with Crippen LogP contribution in [0.1, 0.15) is 12.8 Å². The van der Waals surface area contributed by atoms with Crippen molar-refractivity contribution in [2.45, 2.75) is 12.8 Å². The van der Waals surface area contributed by atoms with Crippen LogP contribution in [0, 0.1) is 22.7 Å². The SMILES string of the molecule is N#CCCN(CCC#N)C(=O)COCCOc1ccccc1. The maximum Gasteiger partial charge on any atom is 0.248 e. The number of carbonyl (C=O) groups is 1. The summed E-state index contributed by atoms with van der Waals surface area (Å²) < 4.78 is 10.7. The van der Waals surface area contributed by atoms with E-state index >= 15 is 0 Å². The molecule has 22 heavy (non-hydrogen) atoms. The summed E-state index contributed by atoms with van der Waals surface area (Å²) in [6.07, 6.45) is 0.489. The lowest BCUT2D eigenvalue weighted by molar-refractivity contribution is -0.136. The van der Waals surface area contributed by atoms with E-state index in [4.69, 9.17) is 20.0 Å². The Labute approximate surface area is 130 Å². The summed E-state index contributed by atoms with van der Waals surface area (Å²) in [5.74, 6) is 0.535. The zero-order valence-electron chi connectivity index (χ0n) is 12.4. The van der Waals surface area contributed by atoms with E-state index in [1.165, 1.54) is 4.90 Å². The molecule has 0 aliphatic carbocycles. The Hall–Kier alpha value is -2.57. The second-order valence-corrected chi connectivity index (χ2v) is 4.41. The molecule has 116 valence electrons. The first-order valence-corrected chi connectivity index (χ1v) is 7.05. The number of hydrogen-bond donors (Lipinski definition) is 0. The van der Waals surface area contributed by atoms with Crippen molar-refractivity contribution in [1.29, 1.82) is 10.5 Å². The van der Waals surface area contributed by atoms with Crippen LogP contribution in [0.5, 0.6) is 5.75 Å². The van der Waals surface area contributed by atoms with Gasteiger partial charge in [-0.1, -0.05) is 18.2 Å². The highest BCUT2D eigenvalue weighted by molar-refractivity contribution is 5.77. The largest absolute Gasteiger partial charge is 0.491 e. The Morgan fingerprint density at radius 2 is 1.68 bits per heavy atom. The molecule has 6 nitrogen and oxygen atoms in total. The zero-order chi connectivity index (χ0) is 16.0. The van der Waals surface area contributed by atoms with E-state index in [0.717, 1.165) is 5.75 Å². The van der Waals surface area contributed by atoms with Crippen LogP contribution in [0.3, 0.4) is 0 Å². The lowest BCUT2D eigenvalue weighted by Gasteiger charge is -2.20. The highest BCUT2D eigenvalue weighted by Gasteiger charge is 2.12. The van der Waals surface area contributed by atoms with Gasteiger partial charge in [0.15, 0.2) is 0 Å². The average Bonchev–Trinajstić information content (AvgIpc) is 2.55. The third-order valence-corrected chi connectivity index (χ3v) is 2.80. The van der Waals surface area contributed by atoms with Gasteiger partial charge in [0.05, 0.1) is 31.6 Å². The summed E-state index contributed by atoms with van der Waals surface area (Å²) in [6.45, 7) is 1.22. The van der Waals surface area contributed by atoms with E-state index in [9.17, 15) is 4.79 Å². The molecular weight excluding hydrogens is 282 g/mol. The normalized spacial score (nSPS) is 9.55. The first-order valence-electron chi connectivity index (χ1n) is 7.05. The summed E-state index contributed by atoms with van der Waals surface area (Å²) in [6, 6.07) is 13.3. The Morgan fingerprint density at radius 3 is 2.27 bits per heavy atom. The number of benzene rings is 1. The Bertz CT molecular complexity index is 502. The quantitative estimate of drug-likeness (QED) is 0.614. The predicted molar refractivity (Wildman–Crippen MR) is 79.8 cm³/mol. The first kappa shape index (κ1) is 17.5. The van der Waals surface area contributed by atoms with Crippen molar-refractivity contribution in [1.82, 2.24) is 4.90 Å². The van der Waals surface area contributed by atoms with Crippen LogP contribution < -0.4 is 4.74 Å². The van der Waals surface area contributed by atoms with Gasteiger partial charge in [-0.3, -0.25) is 4.79 Å². The second kappa shape index (κ2) is 11.1. The van der Waals surface area contributed by atoms with Crippen LogP contribution >= 0.6 is 0 Å². The molecule has 0 aliphatic heterocycles. The number of carbonyl (C=O) groups excluding carboxylic acids is 1. The molecule has 0 bridgehead atoms. The van der Waals surface area contributed by atoms with E-state index in [1.54, 1.807) is 0 Å². The summed E-state index contributed by atoms with van der Waals surface area (Å²) in [7, 11) is 0. The van der Waals surface area contributed by atoms with Gasteiger partial charge < -0.3 is 14.4 Å². The van der Waals surface area contributed by atoms with Crippen LogP contribution in [-0.2, 0) is 9.53 Å². The maximum atomic E-state index is 11.9. The molecule has 0 aliphatic rings. The minimum absolute atomic E-state index is 0.0744. The molecular formula is C16H19N3O3. The van der Waals surface area contributed by atoms with Gasteiger partial charge >= 0.3 is 0 Å². The summed E-state index contributed by atoms with van der Waals surface area (Å²) >= 11 is 0. The highest BCUT2D eigenvalue weighted by Crippen LogP contribution is 2.07. The van der Waals surface area contributed by atoms with E-state index in [0.29, 0.717) is 26.3 Å². The molecule has 0 atom stereocenters. The predicted octanol–water partition coefficient (Wildman–Crippen LogP) is 1.74. The van der Waals surface area contributed by atoms with E-state index in [-0.39, 0.29) is 25.4 Å². The summed E-state index contributed by atoms with van der Waals surface area (Å²) in [5.41, 5.74) is 0. The molecule has 0 saturated heterocycles. The molecule has 1 rings (SSSR count). The van der Waals surface area contributed by atoms with E-state index < -0.39 is 0 Å². The van der Waals surface area contributed by atoms with Crippen molar-refractivity contribution in [2.75, 3.05) is 32.9 Å². The van der Waals surface area contributed by atoms with Crippen molar-refractivity contribution >= 4 is 5.91 Å². The zero-order valence-corrected chi connectivity index (χ0v) is 12.4. The van der Waals surface area contributed by atoms with Gasteiger partial charge in [-0.05, 0) is 12.1 Å². The van der Waals surface area contributed by atoms with E-state index in [2.05, 4.69) is 0 Å². The number of para-hydroxylation sites is 1. The molecule has 0 N–H and O–H groups in total. The van der Waals surface area contributed by atoms with Crippen LogP contribution in [0.2, 0.25) is 0 Å². The van der Waals surface area contributed by atoms with Crippen molar-refractivity contribution < 1.29 is 14.3 Å². The molecule has 0 aromatic heterocycles. The molecule has 0 unspecified atom stereocenters. The van der Waals surface area contributed by atoms with Gasteiger partial charge in [0.1, 0.15) is 19.0 Å². The number of amides is 1. The molecule has 0 saturated carbocycles. The Balaban J connectivity index is 2.22. The average molecular weight is 301 g/mol. The third-order valence-electron chi connectivity index (χ3n) is 2.80. The number of ether oxygens (including phenoxy) is 2. The molecule has 1 amide bonds. The monoisotopic (exact) mass is 301 g/mol. The van der Waals surface area contributed by atoms with Gasteiger partial charge in [-0.25, -0.2) is 0 Å². The number of rotatable bonds is 10. The molecule has 1 aromatic carbocycles. The molecule has 0 heterocycles. The molecule has 1 aromatic rings.